The van der Waals surface area contributed by atoms with Crippen LogP contribution in [0.4, 0.5) is 5.69 Å². The van der Waals surface area contributed by atoms with Crippen LogP contribution in [-0.4, -0.2) is 62.7 Å². The summed E-state index contributed by atoms with van der Waals surface area (Å²) in [4.78, 5) is 28.0. The van der Waals surface area contributed by atoms with E-state index in [0.29, 0.717) is 18.0 Å². The smallest absolute Gasteiger partial charge is 0.251 e. The summed E-state index contributed by atoms with van der Waals surface area (Å²) in [6.45, 7) is 7.08. The van der Waals surface area contributed by atoms with E-state index in [2.05, 4.69) is 10.2 Å². The van der Waals surface area contributed by atoms with Crippen molar-refractivity contribution in [2.24, 2.45) is 5.92 Å². The molecule has 1 atom stereocenters. The van der Waals surface area contributed by atoms with E-state index in [4.69, 9.17) is 4.74 Å². The number of benzene rings is 1. The molecule has 0 spiro atoms. The molecular weight excluding hydrogens is 318 g/mol. The molecule has 2 amide bonds. The SMILES string of the molecule is CC(=O)N1CCCC(CNC(=O)c2ccc(N3CCOCC3)cc2)C1. The second-order valence-corrected chi connectivity index (χ2v) is 6.83. The molecule has 6 nitrogen and oxygen atoms in total. The molecule has 0 radical (unpaired) electrons. The van der Waals surface area contributed by atoms with E-state index in [9.17, 15) is 9.59 Å². The first-order chi connectivity index (χ1) is 12.1. The zero-order valence-corrected chi connectivity index (χ0v) is 14.9. The minimum Gasteiger partial charge on any atom is -0.378 e. The quantitative estimate of drug-likeness (QED) is 0.899. The fraction of sp³-hybridized carbons (Fsp3) is 0.579. The number of ether oxygens (including phenoxy) is 1. The van der Waals surface area contributed by atoms with E-state index < -0.39 is 0 Å². The molecule has 25 heavy (non-hydrogen) atoms. The summed E-state index contributed by atoms with van der Waals surface area (Å²) in [6.07, 6.45) is 2.06. The van der Waals surface area contributed by atoms with Crippen LogP contribution in [0.1, 0.15) is 30.1 Å². The van der Waals surface area contributed by atoms with Gasteiger partial charge in [0.15, 0.2) is 0 Å². The Morgan fingerprint density at radius 3 is 2.56 bits per heavy atom. The van der Waals surface area contributed by atoms with Gasteiger partial charge in [-0.25, -0.2) is 0 Å². The number of hydrogen-bond acceptors (Lipinski definition) is 4. The largest absolute Gasteiger partial charge is 0.378 e. The Balaban J connectivity index is 1.50. The molecule has 2 aliphatic heterocycles. The summed E-state index contributed by atoms with van der Waals surface area (Å²) < 4.78 is 5.36. The van der Waals surface area contributed by atoms with Crippen molar-refractivity contribution in [3.05, 3.63) is 29.8 Å². The van der Waals surface area contributed by atoms with Crippen LogP contribution in [0.3, 0.4) is 0 Å². The first-order valence-corrected chi connectivity index (χ1v) is 9.10. The molecule has 3 rings (SSSR count). The summed E-state index contributed by atoms with van der Waals surface area (Å²) in [7, 11) is 0. The van der Waals surface area contributed by atoms with E-state index in [0.717, 1.165) is 57.9 Å². The van der Waals surface area contributed by atoms with E-state index in [-0.39, 0.29) is 11.8 Å². The molecule has 6 heteroatoms. The number of morpholine rings is 1. The lowest BCUT2D eigenvalue weighted by Gasteiger charge is -2.32. The third kappa shape index (κ3) is 4.72. The molecule has 2 aliphatic rings. The Morgan fingerprint density at radius 2 is 1.88 bits per heavy atom. The highest BCUT2D eigenvalue weighted by molar-refractivity contribution is 5.94. The van der Waals surface area contributed by atoms with Crippen molar-refractivity contribution in [2.75, 3.05) is 50.8 Å². The van der Waals surface area contributed by atoms with Crippen molar-refractivity contribution in [3.8, 4) is 0 Å². The molecule has 0 saturated carbocycles. The zero-order chi connectivity index (χ0) is 17.6. The monoisotopic (exact) mass is 345 g/mol. The fourth-order valence-corrected chi connectivity index (χ4v) is 3.50. The summed E-state index contributed by atoms with van der Waals surface area (Å²) in [5.74, 6) is 0.414. The average molecular weight is 345 g/mol. The second kappa shape index (κ2) is 8.34. The maximum Gasteiger partial charge on any atom is 0.251 e. The topological polar surface area (TPSA) is 61.9 Å². The van der Waals surface area contributed by atoms with E-state index in [1.54, 1.807) is 6.92 Å². The van der Waals surface area contributed by atoms with Crippen LogP contribution < -0.4 is 10.2 Å². The third-order valence-electron chi connectivity index (χ3n) is 5.02. The molecule has 1 N–H and O–H groups in total. The van der Waals surface area contributed by atoms with Crippen LogP contribution >= 0.6 is 0 Å². The lowest BCUT2D eigenvalue weighted by Crippen LogP contribution is -2.42. The van der Waals surface area contributed by atoms with Crippen molar-refractivity contribution in [3.63, 3.8) is 0 Å². The molecule has 2 heterocycles. The number of carbonyl (C=O) groups is 2. The van der Waals surface area contributed by atoms with E-state index in [1.807, 2.05) is 29.2 Å². The first-order valence-electron chi connectivity index (χ1n) is 9.10. The number of anilines is 1. The van der Waals surface area contributed by atoms with E-state index in [1.165, 1.54) is 0 Å². The highest BCUT2D eigenvalue weighted by atomic mass is 16.5. The lowest BCUT2D eigenvalue weighted by molar-refractivity contribution is -0.130. The predicted molar refractivity (Wildman–Crippen MR) is 96.8 cm³/mol. The molecule has 2 saturated heterocycles. The first kappa shape index (κ1) is 17.7. The molecule has 1 aromatic carbocycles. The van der Waals surface area contributed by atoms with Crippen molar-refractivity contribution in [1.82, 2.24) is 10.2 Å². The van der Waals surface area contributed by atoms with Crippen molar-refractivity contribution in [2.45, 2.75) is 19.8 Å². The predicted octanol–water partition coefficient (Wildman–Crippen LogP) is 1.51. The van der Waals surface area contributed by atoms with Gasteiger partial charge in [-0.3, -0.25) is 9.59 Å². The Hall–Kier alpha value is -2.08. The minimum atomic E-state index is -0.0477. The van der Waals surface area contributed by atoms with Gasteiger partial charge in [0.1, 0.15) is 0 Å². The standard InChI is InChI=1S/C19H27N3O3/c1-15(23)22-8-2-3-16(14-22)13-20-19(24)17-4-6-18(7-5-17)21-9-11-25-12-10-21/h4-7,16H,2-3,8-14H2,1H3,(H,20,24). The fourth-order valence-electron chi connectivity index (χ4n) is 3.50. The van der Waals surface area contributed by atoms with Gasteiger partial charge in [0, 0.05) is 50.9 Å². The summed E-state index contributed by atoms with van der Waals surface area (Å²) in [6, 6.07) is 7.75. The van der Waals surface area contributed by atoms with Gasteiger partial charge in [0.2, 0.25) is 5.91 Å². The Kier molecular flexibility index (Phi) is 5.91. The van der Waals surface area contributed by atoms with Crippen LogP contribution in [0.15, 0.2) is 24.3 Å². The maximum absolute atomic E-state index is 12.4. The average Bonchev–Trinajstić information content (AvgIpc) is 2.67. The van der Waals surface area contributed by atoms with Crippen molar-refractivity contribution in [1.29, 1.82) is 0 Å². The van der Waals surface area contributed by atoms with Gasteiger partial charge < -0.3 is 19.9 Å². The van der Waals surface area contributed by atoms with Gasteiger partial charge in [-0.15, -0.1) is 0 Å². The number of nitrogens with zero attached hydrogens (tertiary/aromatic N) is 2. The number of nitrogens with one attached hydrogen (secondary N) is 1. The minimum absolute atomic E-state index is 0.0477. The molecule has 136 valence electrons. The van der Waals surface area contributed by atoms with Crippen LogP contribution in [0.2, 0.25) is 0 Å². The number of likely N-dealkylation sites (tertiary alicyclic amines) is 1. The Bertz CT molecular complexity index is 596. The molecule has 0 aromatic heterocycles. The van der Waals surface area contributed by atoms with Crippen LogP contribution in [0.5, 0.6) is 0 Å². The summed E-state index contributed by atoms with van der Waals surface area (Å²) >= 11 is 0. The van der Waals surface area contributed by atoms with Gasteiger partial charge in [-0.2, -0.15) is 0 Å². The molecule has 0 bridgehead atoms. The number of carbonyl (C=O) groups excluding carboxylic acids is 2. The van der Waals surface area contributed by atoms with Crippen LogP contribution in [0.25, 0.3) is 0 Å². The zero-order valence-electron chi connectivity index (χ0n) is 14.9. The summed E-state index contributed by atoms with van der Waals surface area (Å²) in [5, 5.41) is 3.02. The van der Waals surface area contributed by atoms with Gasteiger partial charge in [-0.1, -0.05) is 0 Å². The molecular formula is C19H27N3O3. The molecule has 1 aromatic rings. The molecule has 1 unspecified atom stereocenters. The molecule has 2 fully saturated rings. The Labute approximate surface area is 149 Å². The van der Waals surface area contributed by atoms with Crippen LogP contribution in [-0.2, 0) is 9.53 Å². The van der Waals surface area contributed by atoms with Crippen molar-refractivity contribution >= 4 is 17.5 Å². The second-order valence-electron chi connectivity index (χ2n) is 6.83. The number of hydrogen-bond donors (Lipinski definition) is 1. The number of rotatable bonds is 4. The number of piperidine rings is 1. The maximum atomic E-state index is 12.4. The lowest BCUT2D eigenvalue weighted by atomic mass is 9.98. The molecule has 0 aliphatic carbocycles. The van der Waals surface area contributed by atoms with Gasteiger partial charge >= 0.3 is 0 Å². The van der Waals surface area contributed by atoms with E-state index >= 15 is 0 Å². The van der Waals surface area contributed by atoms with Gasteiger partial charge in [0.25, 0.3) is 5.91 Å². The van der Waals surface area contributed by atoms with Crippen LogP contribution in [0, 0.1) is 5.92 Å². The Morgan fingerprint density at radius 1 is 1.16 bits per heavy atom. The highest BCUT2D eigenvalue weighted by Gasteiger charge is 2.22. The van der Waals surface area contributed by atoms with Gasteiger partial charge in [-0.05, 0) is 43.0 Å². The number of amides is 2. The van der Waals surface area contributed by atoms with Crippen molar-refractivity contribution < 1.29 is 14.3 Å². The highest BCUT2D eigenvalue weighted by Crippen LogP contribution is 2.18. The summed E-state index contributed by atoms with van der Waals surface area (Å²) in [5.41, 5.74) is 1.81. The normalized spacial score (nSPS) is 21.1. The van der Waals surface area contributed by atoms with Gasteiger partial charge in [0.05, 0.1) is 13.2 Å². The third-order valence-corrected chi connectivity index (χ3v) is 5.02.